The van der Waals surface area contributed by atoms with E-state index >= 15 is 0 Å². The quantitative estimate of drug-likeness (QED) is 0.833. The highest BCUT2D eigenvalue weighted by atomic mass is 32.1. The van der Waals surface area contributed by atoms with Crippen molar-refractivity contribution >= 4 is 22.2 Å². The van der Waals surface area contributed by atoms with Crippen molar-refractivity contribution in [3.8, 4) is 0 Å². The van der Waals surface area contributed by atoms with Crippen LogP contribution in [0, 0.1) is 0 Å². The third-order valence-electron chi connectivity index (χ3n) is 2.93. The van der Waals surface area contributed by atoms with Crippen LogP contribution in [0.2, 0.25) is 0 Å². The summed E-state index contributed by atoms with van der Waals surface area (Å²) in [6.45, 7) is 4.07. The van der Waals surface area contributed by atoms with Crippen molar-refractivity contribution in [2.45, 2.75) is 26.3 Å². The molecule has 2 aromatic rings. The molecule has 0 aliphatic rings. The zero-order valence-electron chi connectivity index (χ0n) is 11.6. The van der Waals surface area contributed by atoms with Crippen LogP contribution < -0.4 is 10.2 Å². The normalized spacial score (nSPS) is 10.6. The first-order valence-corrected chi connectivity index (χ1v) is 7.64. The predicted octanol–water partition coefficient (Wildman–Crippen LogP) is 3.80. The van der Waals surface area contributed by atoms with Crippen molar-refractivity contribution in [1.82, 2.24) is 10.3 Å². The lowest BCUT2D eigenvalue weighted by Crippen LogP contribution is -2.18. The molecule has 3 nitrogen and oxygen atoms in total. The first kappa shape index (κ1) is 14.0. The summed E-state index contributed by atoms with van der Waals surface area (Å²) in [5.41, 5.74) is 2.33. The Morgan fingerprint density at radius 3 is 2.74 bits per heavy atom. The van der Waals surface area contributed by atoms with Crippen molar-refractivity contribution in [3.05, 3.63) is 41.4 Å². The van der Waals surface area contributed by atoms with Crippen LogP contribution in [-0.2, 0) is 6.54 Å². The van der Waals surface area contributed by atoms with Gasteiger partial charge in [-0.05, 0) is 25.6 Å². The fourth-order valence-electron chi connectivity index (χ4n) is 1.94. The highest BCUT2D eigenvalue weighted by Crippen LogP contribution is 2.28. The monoisotopic (exact) mass is 275 g/mol. The molecule has 0 saturated heterocycles. The maximum absolute atomic E-state index is 4.71. The molecular formula is C15H21N3S. The van der Waals surface area contributed by atoms with Crippen molar-refractivity contribution in [2.75, 3.05) is 18.5 Å². The maximum Gasteiger partial charge on any atom is 0.190 e. The number of hydrogen-bond acceptors (Lipinski definition) is 4. The third-order valence-corrected chi connectivity index (χ3v) is 3.84. The van der Waals surface area contributed by atoms with Crippen molar-refractivity contribution < 1.29 is 0 Å². The van der Waals surface area contributed by atoms with Crippen LogP contribution in [0.25, 0.3) is 0 Å². The molecule has 0 radical (unpaired) electrons. The van der Waals surface area contributed by atoms with E-state index in [9.17, 15) is 0 Å². The Kier molecular flexibility index (Phi) is 5.36. The summed E-state index contributed by atoms with van der Waals surface area (Å²) in [6, 6.07) is 10.5. The predicted molar refractivity (Wildman–Crippen MR) is 83.2 cm³/mol. The molecule has 1 aromatic carbocycles. The smallest absolute Gasteiger partial charge is 0.190 e. The summed E-state index contributed by atoms with van der Waals surface area (Å²) in [7, 11) is 1.95. The molecule has 0 amide bonds. The zero-order chi connectivity index (χ0) is 13.5. The molecule has 0 aliphatic carbocycles. The standard InChI is InChI=1S/C15H21N3S/c1-3-4-10-18(14-8-6-5-7-9-14)15-17-13(11-16-2)12-19-15/h5-9,12,16H,3-4,10-11H2,1-2H3. The number of thiazole rings is 1. The minimum absolute atomic E-state index is 0.826. The van der Waals surface area contributed by atoms with E-state index < -0.39 is 0 Å². The summed E-state index contributed by atoms with van der Waals surface area (Å²) in [5.74, 6) is 0. The molecule has 0 spiro atoms. The summed E-state index contributed by atoms with van der Waals surface area (Å²) in [5, 5.41) is 6.37. The summed E-state index contributed by atoms with van der Waals surface area (Å²) in [4.78, 5) is 7.02. The van der Waals surface area contributed by atoms with Gasteiger partial charge in [-0.1, -0.05) is 31.5 Å². The van der Waals surface area contributed by atoms with E-state index in [0.717, 1.165) is 23.9 Å². The number of para-hydroxylation sites is 1. The van der Waals surface area contributed by atoms with Crippen LogP contribution in [0.4, 0.5) is 10.8 Å². The van der Waals surface area contributed by atoms with Crippen LogP contribution in [0.1, 0.15) is 25.5 Å². The maximum atomic E-state index is 4.71. The molecule has 102 valence electrons. The highest BCUT2D eigenvalue weighted by Gasteiger charge is 2.12. The third kappa shape index (κ3) is 3.78. The molecule has 0 aliphatic heterocycles. The van der Waals surface area contributed by atoms with E-state index in [0.29, 0.717) is 0 Å². The first-order chi connectivity index (χ1) is 9.35. The van der Waals surface area contributed by atoms with E-state index in [-0.39, 0.29) is 0 Å². The Morgan fingerprint density at radius 2 is 2.05 bits per heavy atom. The lowest BCUT2D eigenvalue weighted by Gasteiger charge is -2.21. The fourth-order valence-corrected chi connectivity index (χ4v) is 2.81. The number of rotatable bonds is 7. The number of nitrogens with one attached hydrogen (secondary N) is 1. The summed E-state index contributed by atoms with van der Waals surface area (Å²) >= 11 is 1.72. The molecular weight excluding hydrogens is 254 g/mol. The molecule has 19 heavy (non-hydrogen) atoms. The number of unbranched alkanes of at least 4 members (excludes halogenated alkanes) is 1. The van der Waals surface area contributed by atoms with Gasteiger partial charge in [-0.25, -0.2) is 4.98 Å². The SMILES string of the molecule is CCCCN(c1ccccc1)c1nc(CNC)cs1. The lowest BCUT2D eigenvalue weighted by atomic mass is 10.2. The molecule has 1 aromatic heterocycles. The van der Waals surface area contributed by atoms with Gasteiger partial charge in [0.1, 0.15) is 0 Å². The molecule has 1 heterocycles. The van der Waals surface area contributed by atoms with E-state index in [4.69, 9.17) is 4.98 Å². The van der Waals surface area contributed by atoms with Crippen molar-refractivity contribution in [3.63, 3.8) is 0 Å². The summed E-state index contributed by atoms with van der Waals surface area (Å²) < 4.78 is 0. The van der Waals surface area contributed by atoms with Gasteiger partial charge in [0.05, 0.1) is 5.69 Å². The molecule has 0 fully saturated rings. The second kappa shape index (κ2) is 7.26. The fraction of sp³-hybridized carbons (Fsp3) is 0.400. The zero-order valence-corrected chi connectivity index (χ0v) is 12.4. The van der Waals surface area contributed by atoms with E-state index in [1.54, 1.807) is 11.3 Å². The van der Waals surface area contributed by atoms with E-state index in [1.807, 2.05) is 7.05 Å². The number of aromatic nitrogens is 1. The van der Waals surface area contributed by atoms with E-state index in [2.05, 4.69) is 52.9 Å². The Labute approximate surface area is 119 Å². The van der Waals surface area contributed by atoms with Gasteiger partial charge in [0.15, 0.2) is 5.13 Å². The second-order valence-electron chi connectivity index (χ2n) is 4.49. The minimum Gasteiger partial charge on any atom is -0.318 e. The topological polar surface area (TPSA) is 28.2 Å². The van der Waals surface area contributed by atoms with Crippen LogP contribution in [-0.4, -0.2) is 18.6 Å². The molecule has 0 atom stereocenters. The Morgan fingerprint density at radius 1 is 1.26 bits per heavy atom. The first-order valence-electron chi connectivity index (χ1n) is 6.76. The van der Waals surface area contributed by atoms with Gasteiger partial charge in [-0.2, -0.15) is 0 Å². The van der Waals surface area contributed by atoms with Crippen LogP contribution in [0.5, 0.6) is 0 Å². The van der Waals surface area contributed by atoms with E-state index in [1.165, 1.54) is 18.5 Å². The van der Waals surface area contributed by atoms with Crippen LogP contribution in [0.3, 0.4) is 0 Å². The lowest BCUT2D eigenvalue weighted by molar-refractivity contribution is 0.773. The van der Waals surface area contributed by atoms with Gasteiger partial charge in [0.25, 0.3) is 0 Å². The molecule has 1 N–H and O–H groups in total. The molecule has 2 rings (SSSR count). The van der Waals surface area contributed by atoms with Crippen molar-refractivity contribution in [2.24, 2.45) is 0 Å². The Hall–Kier alpha value is -1.39. The molecule has 0 saturated carbocycles. The van der Waals surface area contributed by atoms with Crippen LogP contribution >= 0.6 is 11.3 Å². The van der Waals surface area contributed by atoms with Gasteiger partial charge in [0.2, 0.25) is 0 Å². The van der Waals surface area contributed by atoms with Crippen LogP contribution in [0.15, 0.2) is 35.7 Å². The second-order valence-corrected chi connectivity index (χ2v) is 5.33. The number of anilines is 2. The average Bonchev–Trinajstić information content (AvgIpc) is 2.89. The van der Waals surface area contributed by atoms with Gasteiger partial charge in [-0.3, -0.25) is 0 Å². The molecule has 0 unspecified atom stereocenters. The van der Waals surface area contributed by atoms with Gasteiger partial charge >= 0.3 is 0 Å². The summed E-state index contributed by atoms with van der Waals surface area (Å²) in [6.07, 6.45) is 2.37. The van der Waals surface area contributed by atoms with Gasteiger partial charge < -0.3 is 10.2 Å². The Bertz CT molecular complexity index is 481. The molecule has 4 heteroatoms. The van der Waals surface area contributed by atoms with Gasteiger partial charge in [0, 0.05) is 24.2 Å². The molecule has 0 bridgehead atoms. The average molecular weight is 275 g/mol. The largest absolute Gasteiger partial charge is 0.318 e. The van der Waals surface area contributed by atoms with Gasteiger partial charge in [-0.15, -0.1) is 11.3 Å². The number of hydrogen-bond donors (Lipinski definition) is 1. The number of nitrogens with zero attached hydrogens (tertiary/aromatic N) is 2. The highest BCUT2D eigenvalue weighted by molar-refractivity contribution is 7.13. The van der Waals surface area contributed by atoms with Crippen molar-refractivity contribution in [1.29, 1.82) is 0 Å². The Balaban J connectivity index is 2.21. The minimum atomic E-state index is 0.826. The number of benzene rings is 1.